The zero-order valence-corrected chi connectivity index (χ0v) is 16.2. The Kier molecular flexibility index (Phi) is 6.10. The van der Waals surface area contributed by atoms with Crippen molar-refractivity contribution in [1.82, 2.24) is 10.6 Å². The molecule has 3 rings (SSSR count). The Morgan fingerprint density at radius 1 is 1.19 bits per heavy atom. The number of imide groups is 1. The third-order valence-electron chi connectivity index (χ3n) is 4.31. The molecule has 0 bridgehead atoms. The molecule has 2 aliphatic rings. The number of ether oxygens (including phenoxy) is 1. The van der Waals surface area contributed by atoms with E-state index >= 15 is 0 Å². The van der Waals surface area contributed by atoms with Gasteiger partial charge in [-0.3, -0.25) is 14.9 Å². The number of alkyl carbamates (subject to hydrolysis) is 1. The minimum Gasteiger partial charge on any atom is -0.447 e. The first-order valence-electron chi connectivity index (χ1n) is 9.00. The van der Waals surface area contributed by atoms with Gasteiger partial charge >= 0.3 is 6.09 Å². The van der Waals surface area contributed by atoms with Gasteiger partial charge in [0.2, 0.25) is 5.91 Å². The van der Waals surface area contributed by atoms with Crippen LogP contribution in [0.2, 0.25) is 0 Å². The molecule has 0 aromatic heterocycles. The van der Waals surface area contributed by atoms with Gasteiger partial charge in [0, 0.05) is 18.7 Å². The van der Waals surface area contributed by atoms with E-state index in [0.29, 0.717) is 12.0 Å². The van der Waals surface area contributed by atoms with Crippen molar-refractivity contribution in [1.29, 1.82) is 0 Å². The quantitative estimate of drug-likeness (QED) is 0.620. The van der Waals surface area contributed by atoms with Crippen LogP contribution in [0.4, 0.5) is 16.2 Å². The highest BCUT2D eigenvalue weighted by molar-refractivity contribution is 8.00. The third-order valence-corrected chi connectivity index (χ3v) is 5.58. The molecule has 2 unspecified atom stereocenters. The van der Waals surface area contributed by atoms with E-state index in [1.165, 1.54) is 11.8 Å². The summed E-state index contributed by atoms with van der Waals surface area (Å²) in [5, 5.41) is 11.3. The Morgan fingerprint density at radius 3 is 2.67 bits per heavy atom. The van der Waals surface area contributed by atoms with Crippen molar-refractivity contribution in [2.75, 3.05) is 29.5 Å². The smallest absolute Gasteiger partial charge is 0.414 e. The summed E-state index contributed by atoms with van der Waals surface area (Å²) in [6.45, 7) is 5.06. The van der Waals surface area contributed by atoms with Gasteiger partial charge in [-0.1, -0.05) is 0 Å². The maximum Gasteiger partial charge on any atom is 0.414 e. The summed E-state index contributed by atoms with van der Waals surface area (Å²) in [6, 6.07) is 5.42. The fourth-order valence-corrected chi connectivity index (χ4v) is 4.36. The number of fused-ring (bicyclic) bond motifs is 1. The largest absolute Gasteiger partial charge is 0.447 e. The summed E-state index contributed by atoms with van der Waals surface area (Å²) < 4.78 is 4.94. The average molecular weight is 392 g/mol. The zero-order valence-electron chi connectivity index (χ0n) is 15.3. The Labute approximate surface area is 162 Å². The molecule has 8 nitrogen and oxygen atoms in total. The SMILES string of the molecule is CC(C)OC(=O)NC(=O)C1CCSC1NC(=O)c1ccc2c(c1)NCCN2. The summed E-state index contributed by atoms with van der Waals surface area (Å²) in [5.41, 5.74) is 2.38. The molecule has 27 heavy (non-hydrogen) atoms. The lowest BCUT2D eigenvalue weighted by Gasteiger charge is -2.22. The van der Waals surface area contributed by atoms with Gasteiger partial charge in [-0.2, -0.15) is 0 Å². The molecule has 1 aromatic carbocycles. The van der Waals surface area contributed by atoms with E-state index in [-0.39, 0.29) is 17.4 Å². The molecule has 0 spiro atoms. The fourth-order valence-electron chi connectivity index (χ4n) is 3.03. The molecule has 3 amide bonds. The van der Waals surface area contributed by atoms with Gasteiger partial charge in [0.15, 0.2) is 0 Å². The second kappa shape index (κ2) is 8.51. The highest BCUT2D eigenvalue weighted by atomic mass is 32.2. The number of anilines is 2. The molecular formula is C18H24N4O4S. The van der Waals surface area contributed by atoms with E-state index in [0.717, 1.165) is 30.2 Å². The van der Waals surface area contributed by atoms with Crippen LogP contribution in [0, 0.1) is 5.92 Å². The van der Waals surface area contributed by atoms with Gasteiger partial charge in [0.1, 0.15) is 0 Å². The van der Waals surface area contributed by atoms with Gasteiger partial charge in [0.05, 0.1) is 28.8 Å². The first kappa shape index (κ1) is 19.3. The van der Waals surface area contributed by atoms with Crippen LogP contribution in [0.25, 0.3) is 0 Å². The molecule has 2 heterocycles. The van der Waals surface area contributed by atoms with Crippen LogP contribution in [0.1, 0.15) is 30.6 Å². The molecule has 9 heteroatoms. The van der Waals surface area contributed by atoms with E-state index < -0.39 is 17.9 Å². The molecule has 0 radical (unpaired) electrons. The molecule has 2 atom stereocenters. The van der Waals surface area contributed by atoms with Crippen molar-refractivity contribution in [3.05, 3.63) is 23.8 Å². The molecule has 1 aromatic rings. The van der Waals surface area contributed by atoms with Crippen molar-refractivity contribution < 1.29 is 19.1 Å². The molecule has 1 saturated heterocycles. The van der Waals surface area contributed by atoms with E-state index in [9.17, 15) is 14.4 Å². The molecule has 4 N–H and O–H groups in total. The standard InChI is InChI=1S/C18H24N4O4S/c1-10(2)26-18(25)22-16(24)12-5-8-27-17(12)21-15(23)11-3-4-13-14(9-11)20-7-6-19-13/h3-4,9-10,12,17,19-20H,5-8H2,1-2H3,(H,21,23)(H,22,24,25). The molecule has 0 aliphatic carbocycles. The van der Waals surface area contributed by atoms with Gasteiger partial charge in [0.25, 0.3) is 5.91 Å². The fraction of sp³-hybridized carbons (Fsp3) is 0.500. The summed E-state index contributed by atoms with van der Waals surface area (Å²) in [4.78, 5) is 36.6. The number of amides is 3. The minimum atomic E-state index is -0.759. The number of hydrogen-bond acceptors (Lipinski definition) is 7. The van der Waals surface area contributed by atoms with Crippen LogP contribution in [0.3, 0.4) is 0 Å². The van der Waals surface area contributed by atoms with E-state index in [2.05, 4.69) is 21.3 Å². The summed E-state index contributed by atoms with van der Waals surface area (Å²) in [7, 11) is 0. The lowest BCUT2D eigenvalue weighted by Crippen LogP contribution is -2.44. The van der Waals surface area contributed by atoms with Crippen molar-refractivity contribution >= 4 is 41.0 Å². The van der Waals surface area contributed by atoms with Crippen molar-refractivity contribution in [3.63, 3.8) is 0 Å². The lowest BCUT2D eigenvalue weighted by molar-refractivity contribution is -0.124. The van der Waals surface area contributed by atoms with Crippen LogP contribution in [0.15, 0.2) is 18.2 Å². The molecule has 146 valence electrons. The Hall–Kier alpha value is -2.42. The number of carbonyl (C=O) groups excluding carboxylic acids is 3. The number of thioether (sulfide) groups is 1. The maximum absolute atomic E-state index is 12.6. The molecule has 2 aliphatic heterocycles. The number of hydrogen-bond donors (Lipinski definition) is 4. The Balaban J connectivity index is 1.61. The topological polar surface area (TPSA) is 109 Å². The number of carbonyl (C=O) groups is 3. The summed E-state index contributed by atoms with van der Waals surface area (Å²) in [5.74, 6) is -0.409. The highest BCUT2D eigenvalue weighted by Crippen LogP contribution is 2.31. The van der Waals surface area contributed by atoms with E-state index in [1.54, 1.807) is 26.0 Å². The normalized spacial score (nSPS) is 20.9. The first-order chi connectivity index (χ1) is 12.9. The van der Waals surface area contributed by atoms with Crippen LogP contribution in [-0.4, -0.2) is 48.2 Å². The van der Waals surface area contributed by atoms with Crippen LogP contribution in [0.5, 0.6) is 0 Å². The second-order valence-corrected chi connectivity index (χ2v) is 7.97. The van der Waals surface area contributed by atoms with Gasteiger partial charge in [-0.25, -0.2) is 4.79 Å². The summed E-state index contributed by atoms with van der Waals surface area (Å²) in [6.07, 6.45) is -0.477. The van der Waals surface area contributed by atoms with Crippen molar-refractivity contribution in [2.24, 2.45) is 5.92 Å². The predicted molar refractivity (Wildman–Crippen MR) is 105 cm³/mol. The Morgan fingerprint density at radius 2 is 1.93 bits per heavy atom. The zero-order chi connectivity index (χ0) is 19.4. The van der Waals surface area contributed by atoms with E-state index in [4.69, 9.17) is 4.74 Å². The van der Waals surface area contributed by atoms with Crippen molar-refractivity contribution in [3.8, 4) is 0 Å². The molecule has 1 fully saturated rings. The monoisotopic (exact) mass is 392 g/mol. The number of nitrogens with one attached hydrogen (secondary N) is 4. The third kappa shape index (κ3) is 4.85. The number of benzene rings is 1. The van der Waals surface area contributed by atoms with E-state index in [1.807, 2.05) is 6.07 Å². The molecular weight excluding hydrogens is 368 g/mol. The van der Waals surface area contributed by atoms with Crippen LogP contribution in [-0.2, 0) is 9.53 Å². The summed E-state index contributed by atoms with van der Waals surface area (Å²) >= 11 is 1.50. The second-order valence-electron chi connectivity index (χ2n) is 6.72. The van der Waals surface area contributed by atoms with Gasteiger partial charge in [-0.05, 0) is 44.2 Å². The van der Waals surface area contributed by atoms with Gasteiger partial charge in [-0.15, -0.1) is 11.8 Å². The maximum atomic E-state index is 12.6. The van der Waals surface area contributed by atoms with Crippen LogP contribution < -0.4 is 21.3 Å². The Bertz CT molecular complexity index is 740. The average Bonchev–Trinajstić information content (AvgIpc) is 3.08. The highest BCUT2D eigenvalue weighted by Gasteiger charge is 2.36. The minimum absolute atomic E-state index is 0.243. The first-order valence-corrected chi connectivity index (χ1v) is 10.0. The lowest BCUT2D eigenvalue weighted by atomic mass is 10.1. The molecule has 0 saturated carbocycles. The van der Waals surface area contributed by atoms with Crippen LogP contribution >= 0.6 is 11.8 Å². The number of rotatable bonds is 4. The van der Waals surface area contributed by atoms with Gasteiger partial charge < -0.3 is 20.7 Å². The van der Waals surface area contributed by atoms with Crippen molar-refractivity contribution in [2.45, 2.75) is 31.7 Å². The predicted octanol–water partition coefficient (Wildman–Crippen LogP) is 1.99.